The van der Waals surface area contributed by atoms with Gasteiger partial charge in [0.15, 0.2) is 0 Å². The Labute approximate surface area is 103 Å². The Hall–Kier alpha value is -1.27. The normalized spacial score (nSPS) is 10.1. The Morgan fingerprint density at radius 1 is 1.50 bits per heavy atom. The van der Waals surface area contributed by atoms with E-state index in [4.69, 9.17) is 0 Å². The highest BCUT2D eigenvalue weighted by molar-refractivity contribution is 9.10. The van der Waals surface area contributed by atoms with Crippen molar-refractivity contribution in [2.75, 3.05) is 5.32 Å². The molecule has 0 aliphatic rings. The lowest BCUT2D eigenvalue weighted by atomic mass is 10.3. The summed E-state index contributed by atoms with van der Waals surface area (Å²) in [4.78, 5) is 15.9. The van der Waals surface area contributed by atoms with E-state index in [0.29, 0.717) is 15.0 Å². The van der Waals surface area contributed by atoms with Crippen molar-refractivity contribution in [2.45, 2.75) is 0 Å². The standard InChI is InChI=1S/C10H6BrFN2OS/c11-7-3-6(1-2-8(7)12)14-10(15)9-4-13-5-16-9/h1-5H,(H,14,15). The van der Waals surface area contributed by atoms with Gasteiger partial charge >= 0.3 is 0 Å². The summed E-state index contributed by atoms with van der Waals surface area (Å²) in [7, 11) is 0. The van der Waals surface area contributed by atoms with Gasteiger partial charge < -0.3 is 5.32 Å². The molecular weight excluding hydrogens is 295 g/mol. The van der Waals surface area contributed by atoms with Crippen LogP contribution >= 0.6 is 27.3 Å². The quantitative estimate of drug-likeness (QED) is 0.924. The van der Waals surface area contributed by atoms with Crippen molar-refractivity contribution < 1.29 is 9.18 Å². The maximum Gasteiger partial charge on any atom is 0.267 e. The molecule has 82 valence electrons. The largest absolute Gasteiger partial charge is 0.321 e. The third kappa shape index (κ3) is 2.45. The molecule has 0 radical (unpaired) electrons. The van der Waals surface area contributed by atoms with Crippen LogP contribution in [-0.4, -0.2) is 10.9 Å². The molecule has 2 aromatic rings. The van der Waals surface area contributed by atoms with Gasteiger partial charge in [-0.2, -0.15) is 0 Å². The monoisotopic (exact) mass is 300 g/mol. The molecular formula is C10H6BrFN2OS. The van der Waals surface area contributed by atoms with Crippen LogP contribution in [0.1, 0.15) is 9.67 Å². The number of aromatic nitrogens is 1. The van der Waals surface area contributed by atoms with Crippen LogP contribution in [0.3, 0.4) is 0 Å². The maximum atomic E-state index is 12.9. The van der Waals surface area contributed by atoms with Crippen molar-refractivity contribution in [1.29, 1.82) is 0 Å². The number of nitrogens with zero attached hydrogens (tertiary/aromatic N) is 1. The number of rotatable bonds is 2. The highest BCUT2D eigenvalue weighted by atomic mass is 79.9. The number of hydrogen-bond acceptors (Lipinski definition) is 3. The fourth-order valence-corrected chi connectivity index (χ4v) is 1.99. The SMILES string of the molecule is O=C(Nc1ccc(F)c(Br)c1)c1cncs1. The first-order valence-electron chi connectivity index (χ1n) is 4.32. The molecule has 0 saturated heterocycles. The zero-order valence-electron chi connectivity index (χ0n) is 7.91. The Morgan fingerprint density at radius 3 is 2.94 bits per heavy atom. The number of carbonyl (C=O) groups is 1. The Kier molecular flexibility index (Phi) is 3.31. The van der Waals surface area contributed by atoms with E-state index in [1.807, 2.05) is 0 Å². The van der Waals surface area contributed by atoms with Crippen LogP contribution in [0.25, 0.3) is 0 Å². The predicted octanol–water partition coefficient (Wildman–Crippen LogP) is 3.30. The number of hydrogen-bond donors (Lipinski definition) is 1. The van der Waals surface area contributed by atoms with E-state index < -0.39 is 0 Å². The summed E-state index contributed by atoms with van der Waals surface area (Å²) in [6.07, 6.45) is 1.48. The lowest BCUT2D eigenvalue weighted by Gasteiger charge is -2.03. The summed E-state index contributed by atoms with van der Waals surface area (Å²) in [6.45, 7) is 0. The van der Waals surface area contributed by atoms with Gasteiger partial charge in [-0.1, -0.05) is 0 Å². The number of anilines is 1. The predicted molar refractivity (Wildman–Crippen MR) is 64.2 cm³/mol. The summed E-state index contributed by atoms with van der Waals surface area (Å²) >= 11 is 4.30. The van der Waals surface area contributed by atoms with Crippen molar-refractivity contribution >= 4 is 38.9 Å². The fourth-order valence-electron chi connectivity index (χ4n) is 1.09. The van der Waals surface area contributed by atoms with Gasteiger partial charge in [0.1, 0.15) is 10.7 Å². The molecule has 0 unspecified atom stereocenters. The molecule has 16 heavy (non-hydrogen) atoms. The average molecular weight is 301 g/mol. The summed E-state index contributed by atoms with van der Waals surface area (Å²) in [5.74, 6) is -0.614. The van der Waals surface area contributed by atoms with Crippen molar-refractivity contribution in [3.63, 3.8) is 0 Å². The van der Waals surface area contributed by atoms with Crippen LogP contribution in [0.4, 0.5) is 10.1 Å². The van der Waals surface area contributed by atoms with E-state index in [0.717, 1.165) is 0 Å². The lowest BCUT2D eigenvalue weighted by molar-refractivity contribution is 0.103. The second-order valence-corrected chi connectivity index (χ2v) is 4.69. The van der Waals surface area contributed by atoms with Crippen LogP contribution < -0.4 is 5.32 Å². The summed E-state index contributed by atoms with van der Waals surface area (Å²) in [6, 6.07) is 4.29. The van der Waals surface area contributed by atoms with Crippen LogP contribution in [0, 0.1) is 5.82 Å². The number of nitrogens with one attached hydrogen (secondary N) is 1. The molecule has 0 spiro atoms. The van der Waals surface area contributed by atoms with Gasteiger partial charge in [-0.15, -0.1) is 11.3 Å². The third-order valence-electron chi connectivity index (χ3n) is 1.83. The lowest BCUT2D eigenvalue weighted by Crippen LogP contribution is -2.10. The van der Waals surface area contributed by atoms with Gasteiger partial charge in [0.2, 0.25) is 0 Å². The molecule has 0 fully saturated rings. The van der Waals surface area contributed by atoms with E-state index in [9.17, 15) is 9.18 Å². The zero-order valence-corrected chi connectivity index (χ0v) is 10.3. The van der Waals surface area contributed by atoms with Crippen LogP contribution in [0.5, 0.6) is 0 Å². The average Bonchev–Trinajstić information content (AvgIpc) is 2.77. The van der Waals surface area contributed by atoms with E-state index in [-0.39, 0.29) is 11.7 Å². The van der Waals surface area contributed by atoms with Gasteiger partial charge in [0.05, 0.1) is 16.2 Å². The van der Waals surface area contributed by atoms with Gasteiger partial charge in [0.25, 0.3) is 5.91 Å². The molecule has 1 heterocycles. The fraction of sp³-hybridized carbons (Fsp3) is 0. The molecule has 0 bridgehead atoms. The minimum atomic E-state index is -0.365. The van der Waals surface area contributed by atoms with E-state index in [1.165, 1.54) is 35.7 Å². The summed E-state index contributed by atoms with van der Waals surface area (Å²) < 4.78 is 13.3. The second-order valence-electron chi connectivity index (χ2n) is 2.95. The second kappa shape index (κ2) is 4.71. The molecule has 6 heteroatoms. The van der Waals surface area contributed by atoms with E-state index in [2.05, 4.69) is 26.2 Å². The van der Waals surface area contributed by atoms with Crippen LogP contribution in [-0.2, 0) is 0 Å². The molecule has 0 saturated carbocycles. The molecule has 1 aromatic carbocycles. The van der Waals surface area contributed by atoms with Gasteiger partial charge in [-0.3, -0.25) is 9.78 Å². The number of benzene rings is 1. The first-order valence-corrected chi connectivity index (χ1v) is 5.99. The molecule has 1 N–H and O–H groups in total. The molecule has 0 atom stereocenters. The van der Waals surface area contributed by atoms with Crippen molar-refractivity contribution in [3.8, 4) is 0 Å². The minimum absolute atomic E-state index is 0.249. The molecule has 0 aliphatic carbocycles. The highest BCUT2D eigenvalue weighted by Gasteiger charge is 2.08. The zero-order chi connectivity index (χ0) is 11.5. The molecule has 1 amide bonds. The molecule has 3 nitrogen and oxygen atoms in total. The number of halogens is 2. The van der Waals surface area contributed by atoms with Gasteiger partial charge in [-0.25, -0.2) is 4.39 Å². The Balaban J connectivity index is 2.15. The molecule has 1 aromatic heterocycles. The molecule has 2 rings (SSSR count). The summed E-state index contributed by atoms with van der Waals surface area (Å²) in [5, 5.41) is 2.65. The highest BCUT2D eigenvalue weighted by Crippen LogP contribution is 2.20. The minimum Gasteiger partial charge on any atom is -0.321 e. The van der Waals surface area contributed by atoms with Crippen molar-refractivity contribution in [2.24, 2.45) is 0 Å². The Bertz CT molecular complexity index is 516. The van der Waals surface area contributed by atoms with Crippen LogP contribution in [0.15, 0.2) is 34.4 Å². The van der Waals surface area contributed by atoms with E-state index in [1.54, 1.807) is 5.51 Å². The van der Waals surface area contributed by atoms with Crippen molar-refractivity contribution in [3.05, 3.63) is 45.1 Å². The first-order chi connectivity index (χ1) is 7.66. The number of amides is 1. The van der Waals surface area contributed by atoms with Crippen LogP contribution in [0.2, 0.25) is 0 Å². The van der Waals surface area contributed by atoms with Gasteiger partial charge in [-0.05, 0) is 34.1 Å². The number of thiazole rings is 1. The van der Waals surface area contributed by atoms with Gasteiger partial charge in [0, 0.05) is 5.69 Å². The third-order valence-corrected chi connectivity index (χ3v) is 3.21. The topological polar surface area (TPSA) is 42.0 Å². The number of carbonyl (C=O) groups excluding carboxylic acids is 1. The smallest absolute Gasteiger partial charge is 0.267 e. The maximum absolute atomic E-state index is 12.9. The Morgan fingerprint density at radius 2 is 2.31 bits per heavy atom. The summed E-state index contributed by atoms with van der Waals surface area (Å²) in [5.41, 5.74) is 2.11. The van der Waals surface area contributed by atoms with Crippen molar-refractivity contribution in [1.82, 2.24) is 4.98 Å². The molecule has 0 aliphatic heterocycles. The first kappa shape index (κ1) is 11.2. The van der Waals surface area contributed by atoms with E-state index >= 15 is 0 Å².